The molecule has 3 aromatic rings. The van der Waals surface area contributed by atoms with Crippen molar-refractivity contribution in [3.8, 4) is 0 Å². The number of anilines is 1. The number of hydrogen-bond acceptors (Lipinski definition) is 5. The third-order valence-corrected chi connectivity index (χ3v) is 6.55. The second-order valence-corrected chi connectivity index (χ2v) is 9.17. The van der Waals surface area contributed by atoms with Crippen molar-refractivity contribution in [1.82, 2.24) is 14.5 Å². The molecule has 2 aromatic heterocycles. The molecular weight excluding hydrogens is 489 g/mol. The van der Waals surface area contributed by atoms with Crippen molar-refractivity contribution in [3.63, 3.8) is 0 Å². The number of hydrogen-bond donors (Lipinski definition) is 1. The molecule has 0 bridgehead atoms. The van der Waals surface area contributed by atoms with Gasteiger partial charge in [-0.05, 0) is 60.8 Å². The third kappa shape index (κ3) is 3.79. The van der Waals surface area contributed by atoms with Gasteiger partial charge in [-0.1, -0.05) is 12.1 Å². The Hall–Kier alpha value is -2.46. The Morgan fingerprint density at radius 1 is 1.25 bits per heavy atom. The summed E-state index contributed by atoms with van der Waals surface area (Å²) in [5, 5.41) is 3.83. The standard InChI is InChI=1S/C22H22BrF3N4O2/c1-11-14(6-5-7-16(11)22(24,25)26)12(2)27-19-15-8-30(21(4)9-32-10-21)20(31)17(23)18(15)28-13(3)29-19/h5-8,12H,9-10H2,1-4H3,(H,27,28,29)/t12-/m1/s1. The summed E-state index contributed by atoms with van der Waals surface area (Å²) >= 11 is 3.38. The molecular formula is C22H22BrF3N4O2. The summed E-state index contributed by atoms with van der Waals surface area (Å²) in [6.07, 6.45) is -2.74. The molecule has 0 amide bonds. The van der Waals surface area contributed by atoms with Crippen molar-refractivity contribution in [3.05, 3.63) is 61.7 Å². The summed E-state index contributed by atoms with van der Waals surface area (Å²) in [6, 6.07) is 3.67. The molecule has 170 valence electrons. The van der Waals surface area contributed by atoms with Crippen molar-refractivity contribution in [2.24, 2.45) is 0 Å². The fourth-order valence-electron chi connectivity index (χ4n) is 4.03. The molecule has 6 nitrogen and oxygen atoms in total. The van der Waals surface area contributed by atoms with Gasteiger partial charge in [-0.15, -0.1) is 0 Å². The van der Waals surface area contributed by atoms with Crippen LogP contribution in [0.2, 0.25) is 0 Å². The highest BCUT2D eigenvalue weighted by Gasteiger charge is 2.37. The van der Waals surface area contributed by atoms with Crippen LogP contribution in [0.5, 0.6) is 0 Å². The van der Waals surface area contributed by atoms with Gasteiger partial charge in [0, 0.05) is 6.20 Å². The van der Waals surface area contributed by atoms with Crippen LogP contribution in [0.4, 0.5) is 19.0 Å². The average molecular weight is 511 g/mol. The molecule has 4 rings (SSSR count). The largest absolute Gasteiger partial charge is 0.416 e. The van der Waals surface area contributed by atoms with E-state index in [0.717, 1.165) is 6.07 Å². The predicted molar refractivity (Wildman–Crippen MR) is 119 cm³/mol. The van der Waals surface area contributed by atoms with E-state index < -0.39 is 23.3 Å². The molecule has 1 aromatic carbocycles. The van der Waals surface area contributed by atoms with Crippen molar-refractivity contribution in [2.75, 3.05) is 18.5 Å². The van der Waals surface area contributed by atoms with Crippen LogP contribution in [-0.4, -0.2) is 27.7 Å². The van der Waals surface area contributed by atoms with Crippen LogP contribution in [0.1, 0.15) is 42.4 Å². The molecule has 3 heterocycles. The number of aromatic nitrogens is 3. The highest BCUT2D eigenvalue weighted by atomic mass is 79.9. The zero-order chi connectivity index (χ0) is 23.4. The zero-order valence-electron chi connectivity index (χ0n) is 18.0. The van der Waals surface area contributed by atoms with E-state index in [-0.39, 0.29) is 11.1 Å². The van der Waals surface area contributed by atoms with Gasteiger partial charge < -0.3 is 14.6 Å². The molecule has 1 aliphatic heterocycles. The van der Waals surface area contributed by atoms with E-state index in [0.29, 0.717) is 45.8 Å². The number of nitrogens with zero attached hydrogens (tertiary/aromatic N) is 3. The molecule has 0 radical (unpaired) electrons. The first-order valence-corrected chi connectivity index (χ1v) is 10.8. The van der Waals surface area contributed by atoms with E-state index in [1.807, 2.05) is 6.92 Å². The van der Waals surface area contributed by atoms with Gasteiger partial charge in [-0.25, -0.2) is 9.97 Å². The number of benzene rings is 1. The van der Waals surface area contributed by atoms with Crippen molar-refractivity contribution < 1.29 is 17.9 Å². The quantitative estimate of drug-likeness (QED) is 0.528. The number of aryl methyl sites for hydroxylation is 1. The normalized spacial score (nSPS) is 16.6. The number of ether oxygens (including phenoxy) is 1. The van der Waals surface area contributed by atoms with Gasteiger partial charge in [0.15, 0.2) is 0 Å². The van der Waals surface area contributed by atoms with Gasteiger partial charge in [0.25, 0.3) is 5.56 Å². The number of nitrogens with one attached hydrogen (secondary N) is 1. The maximum atomic E-state index is 13.4. The molecule has 10 heteroatoms. The minimum Gasteiger partial charge on any atom is -0.376 e. The molecule has 0 spiro atoms. The molecule has 1 atom stereocenters. The SMILES string of the molecule is Cc1nc(N[C@H](C)c2cccc(C(F)(F)F)c2C)c2cn(C3(C)COC3)c(=O)c(Br)c2n1. The molecule has 1 N–H and O–H groups in total. The lowest BCUT2D eigenvalue weighted by Crippen LogP contribution is -2.53. The Labute approximate surface area is 191 Å². The Kier molecular flexibility index (Phi) is 5.57. The number of alkyl halides is 3. The maximum Gasteiger partial charge on any atom is 0.416 e. The molecule has 32 heavy (non-hydrogen) atoms. The number of fused-ring (bicyclic) bond motifs is 1. The molecule has 1 fully saturated rings. The lowest BCUT2D eigenvalue weighted by molar-refractivity contribution is -0.138. The first kappa shape index (κ1) is 22.7. The van der Waals surface area contributed by atoms with E-state index >= 15 is 0 Å². The van der Waals surface area contributed by atoms with Crippen molar-refractivity contribution in [2.45, 2.75) is 45.5 Å². The fourth-order valence-corrected chi connectivity index (χ4v) is 4.52. The van der Waals surface area contributed by atoms with E-state index in [1.54, 1.807) is 30.7 Å². The Morgan fingerprint density at radius 3 is 2.53 bits per heavy atom. The molecule has 1 saturated heterocycles. The summed E-state index contributed by atoms with van der Waals surface area (Å²) in [4.78, 5) is 21.8. The van der Waals surface area contributed by atoms with Gasteiger partial charge in [-0.2, -0.15) is 13.2 Å². The van der Waals surface area contributed by atoms with E-state index in [9.17, 15) is 18.0 Å². The monoisotopic (exact) mass is 510 g/mol. The summed E-state index contributed by atoms with van der Waals surface area (Å²) in [6.45, 7) is 7.67. The van der Waals surface area contributed by atoms with Gasteiger partial charge >= 0.3 is 6.18 Å². The molecule has 0 saturated carbocycles. The number of halogens is 4. The van der Waals surface area contributed by atoms with Crippen LogP contribution in [0.15, 0.2) is 33.7 Å². The third-order valence-electron chi connectivity index (χ3n) is 5.84. The highest BCUT2D eigenvalue weighted by Crippen LogP contribution is 2.36. The Balaban J connectivity index is 1.83. The van der Waals surface area contributed by atoms with E-state index in [1.165, 1.54) is 13.0 Å². The summed E-state index contributed by atoms with van der Waals surface area (Å²) in [5.41, 5.74) is -0.267. The Morgan fingerprint density at radius 2 is 1.94 bits per heavy atom. The van der Waals surface area contributed by atoms with Gasteiger partial charge in [0.05, 0.1) is 41.3 Å². The van der Waals surface area contributed by atoms with E-state index in [2.05, 4.69) is 31.2 Å². The van der Waals surface area contributed by atoms with Gasteiger partial charge in [0.2, 0.25) is 0 Å². The minimum absolute atomic E-state index is 0.160. The summed E-state index contributed by atoms with van der Waals surface area (Å²) < 4.78 is 47.3. The summed E-state index contributed by atoms with van der Waals surface area (Å²) in [7, 11) is 0. The second-order valence-electron chi connectivity index (χ2n) is 8.37. The zero-order valence-corrected chi connectivity index (χ0v) is 19.6. The number of rotatable bonds is 4. The average Bonchev–Trinajstić information content (AvgIpc) is 2.68. The van der Waals surface area contributed by atoms with Crippen LogP contribution >= 0.6 is 15.9 Å². The lowest BCUT2D eigenvalue weighted by Gasteiger charge is -2.40. The molecule has 1 aliphatic rings. The van der Waals surface area contributed by atoms with Gasteiger partial charge in [-0.3, -0.25) is 4.79 Å². The van der Waals surface area contributed by atoms with Crippen molar-refractivity contribution in [1.29, 1.82) is 0 Å². The highest BCUT2D eigenvalue weighted by molar-refractivity contribution is 9.10. The smallest absolute Gasteiger partial charge is 0.376 e. The molecule has 0 aliphatic carbocycles. The predicted octanol–water partition coefficient (Wildman–Crippen LogP) is 5.11. The van der Waals surface area contributed by atoms with Crippen molar-refractivity contribution >= 4 is 32.7 Å². The molecule has 0 unspecified atom stereocenters. The Bertz CT molecular complexity index is 1270. The summed E-state index contributed by atoms with van der Waals surface area (Å²) in [5.74, 6) is 0.874. The van der Waals surface area contributed by atoms with Crippen LogP contribution in [0.3, 0.4) is 0 Å². The number of pyridine rings is 1. The van der Waals surface area contributed by atoms with Crippen LogP contribution in [0, 0.1) is 13.8 Å². The fraction of sp³-hybridized carbons (Fsp3) is 0.409. The van der Waals surface area contributed by atoms with E-state index in [4.69, 9.17) is 4.74 Å². The first-order valence-electron chi connectivity index (χ1n) is 10.0. The second kappa shape index (κ2) is 7.84. The van der Waals surface area contributed by atoms with Crippen LogP contribution in [-0.2, 0) is 16.5 Å². The first-order chi connectivity index (χ1) is 14.9. The minimum atomic E-state index is -4.43. The topological polar surface area (TPSA) is 69.0 Å². The maximum absolute atomic E-state index is 13.4. The van der Waals surface area contributed by atoms with Crippen LogP contribution < -0.4 is 10.9 Å². The van der Waals surface area contributed by atoms with Gasteiger partial charge in [0.1, 0.15) is 16.1 Å². The lowest BCUT2D eigenvalue weighted by atomic mass is 9.97. The van der Waals surface area contributed by atoms with Crippen LogP contribution in [0.25, 0.3) is 10.9 Å².